The number of hydrogen-bond acceptors (Lipinski definition) is 5. The second-order valence-electron chi connectivity index (χ2n) is 5.57. The molecule has 1 amide bonds. The molecule has 0 radical (unpaired) electrons. The molecule has 6 nitrogen and oxygen atoms in total. The van der Waals surface area contributed by atoms with Crippen molar-refractivity contribution in [1.82, 2.24) is 4.90 Å². The summed E-state index contributed by atoms with van der Waals surface area (Å²) in [5.74, 6) is 1.20. The van der Waals surface area contributed by atoms with Gasteiger partial charge >= 0.3 is 0 Å². The van der Waals surface area contributed by atoms with Crippen molar-refractivity contribution in [1.29, 1.82) is 0 Å². The molecule has 0 aromatic heterocycles. The smallest absolute Gasteiger partial charge is 0.238 e. The van der Waals surface area contributed by atoms with Gasteiger partial charge in [-0.1, -0.05) is 0 Å². The summed E-state index contributed by atoms with van der Waals surface area (Å²) in [5, 5.41) is 2.89. The molecule has 1 heterocycles. The van der Waals surface area contributed by atoms with Crippen LogP contribution < -0.4 is 14.8 Å². The van der Waals surface area contributed by atoms with Gasteiger partial charge < -0.3 is 19.5 Å². The Bertz CT molecular complexity index is 511. The predicted molar refractivity (Wildman–Crippen MR) is 84.6 cm³/mol. The van der Waals surface area contributed by atoms with Crippen molar-refractivity contribution < 1.29 is 19.0 Å². The molecule has 6 heteroatoms. The van der Waals surface area contributed by atoms with Crippen LogP contribution in [0.1, 0.15) is 13.8 Å². The first-order valence-electron chi connectivity index (χ1n) is 7.41. The Balaban J connectivity index is 1.97. The van der Waals surface area contributed by atoms with E-state index >= 15 is 0 Å². The van der Waals surface area contributed by atoms with Gasteiger partial charge in [0, 0.05) is 19.2 Å². The summed E-state index contributed by atoms with van der Waals surface area (Å²) in [6, 6.07) is 5.31. The van der Waals surface area contributed by atoms with Gasteiger partial charge in [0.15, 0.2) is 0 Å². The van der Waals surface area contributed by atoms with Crippen molar-refractivity contribution in [3.63, 3.8) is 0 Å². The number of morpholine rings is 1. The number of ether oxygens (including phenoxy) is 3. The van der Waals surface area contributed by atoms with Gasteiger partial charge in [-0.25, -0.2) is 0 Å². The van der Waals surface area contributed by atoms with Crippen molar-refractivity contribution in [2.24, 2.45) is 0 Å². The van der Waals surface area contributed by atoms with Crippen LogP contribution in [-0.2, 0) is 9.53 Å². The number of rotatable bonds is 5. The molecule has 0 bridgehead atoms. The van der Waals surface area contributed by atoms with Crippen LogP contribution in [0.3, 0.4) is 0 Å². The summed E-state index contributed by atoms with van der Waals surface area (Å²) in [6.07, 6.45) is 0.291. The predicted octanol–water partition coefficient (Wildman–Crippen LogP) is 1.75. The summed E-state index contributed by atoms with van der Waals surface area (Å²) in [6.45, 7) is 5.91. The van der Waals surface area contributed by atoms with Crippen molar-refractivity contribution in [2.45, 2.75) is 26.1 Å². The lowest BCUT2D eigenvalue weighted by Gasteiger charge is -2.34. The maximum Gasteiger partial charge on any atom is 0.238 e. The first-order chi connectivity index (χ1) is 10.5. The fraction of sp³-hybridized carbons (Fsp3) is 0.562. The average molecular weight is 308 g/mol. The van der Waals surface area contributed by atoms with Crippen molar-refractivity contribution >= 4 is 11.6 Å². The molecule has 1 aromatic carbocycles. The maximum atomic E-state index is 12.2. The van der Waals surface area contributed by atoms with Gasteiger partial charge in [0.2, 0.25) is 5.91 Å². The number of carbonyl (C=O) groups excluding carboxylic acids is 1. The number of nitrogens with one attached hydrogen (secondary N) is 1. The van der Waals surface area contributed by atoms with Gasteiger partial charge in [0.1, 0.15) is 11.5 Å². The summed E-state index contributed by atoms with van der Waals surface area (Å²) in [7, 11) is 3.16. The summed E-state index contributed by atoms with van der Waals surface area (Å²) >= 11 is 0. The number of anilines is 1. The Hall–Kier alpha value is -1.79. The summed E-state index contributed by atoms with van der Waals surface area (Å²) in [5.41, 5.74) is 0.641. The van der Waals surface area contributed by atoms with Crippen LogP contribution in [0.25, 0.3) is 0 Å². The van der Waals surface area contributed by atoms with Crippen molar-refractivity contribution in [3.8, 4) is 11.5 Å². The van der Waals surface area contributed by atoms with Gasteiger partial charge in [0.05, 0.1) is 38.7 Å². The molecule has 1 aliphatic rings. The van der Waals surface area contributed by atoms with E-state index in [0.29, 0.717) is 23.7 Å². The highest BCUT2D eigenvalue weighted by atomic mass is 16.5. The molecule has 0 aliphatic carbocycles. The van der Waals surface area contributed by atoms with Gasteiger partial charge in [0.25, 0.3) is 0 Å². The highest BCUT2D eigenvalue weighted by Gasteiger charge is 2.23. The fourth-order valence-corrected chi connectivity index (χ4v) is 2.71. The van der Waals surface area contributed by atoms with Crippen LogP contribution in [0.15, 0.2) is 18.2 Å². The van der Waals surface area contributed by atoms with Crippen LogP contribution in [-0.4, -0.2) is 56.9 Å². The van der Waals surface area contributed by atoms with E-state index in [2.05, 4.69) is 10.2 Å². The lowest BCUT2D eigenvalue weighted by atomic mass is 10.2. The van der Waals surface area contributed by atoms with E-state index in [9.17, 15) is 4.79 Å². The second-order valence-corrected chi connectivity index (χ2v) is 5.57. The van der Waals surface area contributed by atoms with Gasteiger partial charge in [-0.05, 0) is 26.0 Å². The topological polar surface area (TPSA) is 60.0 Å². The molecule has 1 aliphatic heterocycles. The Morgan fingerprint density at radius 1 is 1.27 bits per heavy atom. The number of benzene rings is 1. The summed E-state index contributed by atoms with van der Waals surface area (Å²) < 4.78 is 16.1. The summed E-state index contributed by atoms with van der Waals surface area (Å²) in [4.78, 5) is 14.3. The molecule has 2 rings (SSSR count). The molecule has 22 heavy (non-hydrogen) atoms. The normalized spacial score (nSPS) is 22.2. The number of amides is 1. The SMILES string of the molecule is COc1ccc(NC(=O)CN2C[C@@H](C)O[C@H](C)C2)c(OC)c1. The zero-order valence-corrected chi connectivity index (χ0v) is 13.6. The third-order valence-electron chi connectivity index (χ3n) is 3.55. The molecular weight excluding hydrogens is 284 g/mol. The molecule has 1 fully saturated rings. The largest absolute Gasteiger partial charge is 0.497 e. The van der Waals surface area contributed by atoms with E-state index in [1.807, 2.05) is 13.8 Å². The number of carbonyl (C=O) groups is 1. The third kappa shape index (κ3) is 4.35. The van der Waals surface area contributed by atoms with Crippen molar-refractivity contribution in [3.05, 3.63) is 18.2 Å². The number of nitrogens with zero attached hydrogens (tertiary/aromatic N) is 1. The van der Waals surface area contributed by atoms with E-state index in [4.69, 9.17) is 14.2 Å². The molecule has 122 valence electrons. The second kappa shape index (κ2) is 7.47. The first kappa shape index (κ1) is 16.6. The highest BCUT2D eigenvalue weighted by Crippen LogP contribution is 2.29. The lowest BCUT2D eigenvalue weighted by Crippen LogP contribution is -2.48. The molecular formula is C16H24N2O4. The van der Waals surface area contributed by atoms with E-state index in [0.717, 1.165) is 13.1 Å². The zero-order valence-electron chi connectivity index (χ0n) is 13.6. The van der Waals surface area contributed by atoms with Crippen LogP contribution >= 0.6 is 0 Å². The van der Waals surface area contributed by atoms with E-state index < -0.39 is 0 Å². The van der Waals surface area contributed by atoms with Gasteiger partial charge in [-0.15, -0.1) is 0 Å². The van der Waals surface area contributed by atoms with Crippen molar-refractivity contribution in [2.75, 3.05) is 39.2 Å². The van der Waals surface area contributed by atoms with Crippen LogP contribution in [0.4, 0.5) is 5.69 Å². The highest BCUT2D eigenvalue weighted by molar-refractivity contribution is 5.93. The first-order valence-corrected chi connectivity index (χ1v) is 7.41. The van der Waals surface area contributed by atoms with E-state index in [1.165, 1.54) is 0 Å². The Morgan fingerprint density at radius 3 is 2.55 bits per heavy atom. The quantitative estimate of drug-likeness (QED) is 0.898. The lowest BCUT2D eigenvalue weighted by molar-refractivity contribution is -0.121. The number of hydrogen-bond donors (Lipinski definition) is 1. The van der Waals surface area contributed by atoms with Gasteiger partial charge in [-0.2, -0.15) is 0 Å². The molecule has 0 unspecified atom stereocenters. The molecule has 0 saturated carbocycles. The molecule has 1 saturated heterocycles. The Kier molecular flexibility index (Phi) is 5.63. The molecule has 1 aromatic rings. The molecule has 1 N–H and O–H groups in total. The molecule has 0 spiro atoms. The third-order valence-corrected chi connectivity index (χ3v) is 3.55. The van der Waals surface area contributed by atoms with Crippen LogP contribution in [0.2, 0.25) is 0 Å². The van der Waals surface area contributed by atoms with Crippen LogP contribution in [0, 0.1) is 0 Å². The standard InChI is InChI=1S/C16H24N2O4/c1-11-8-18(9-12(2)22-11)10-16(19)17-14-6-5-13(20-3)7-15(14)21-4/h5-7,11-12H,8-10H2,1-4H3,(H,17,19)/t11-,12-/m1/s1. The maximum absolute atomic E-state index is 12.2. The van der Waals surface area contributed by atoms with E-state index in [1.54, 1.807) is 32.4 Å². The number of methoxy groups -OCH3 is 2. The van der Waals surface area contributed by atoms with Crippen LogP contribution in [0.5, 0.6) is 11.5 Å². The zero-order chi connectivity index (χ0) is 16.1. The Morgan fingerprint density at radius 2 is 1.95 bits per heavy atom. The fourth-order valence-electron chi connectivity index (χ4n) is 2.71. The Labute approximate surface area is 131 Å². The minimum atomic E-state index is -0.0650. The van der Waals surface area contributed by atoms with Gasteiger partial charge in [-0.3, -0.25) is 9.69 Å². The minimum absolute atomic E-state index is 0.0650. The average Bonchev–Trinajstić information content (AvgIpc) is 2.46. The minimum Gasteiger partial charge on any atom is -0.497 e. The molecule has 2 atom stereocenters. The van der Waals surface area contributed by atoms with E-state index in [-0.39, 0.29) is 18.1 Å². The monoisotopic (exact) mass is 308 g/mol.